The minimum atomic E-state index is 0.744. The van der Waals surface area contributed by atoms with Crippen molar-refractivity contribution in [1.82, 2.24) is 13.7 Å². The molecule has 0 aliphatic rings. The molecule has 0 atom stereocenters. The second-order valence-electron chi connectivity index (χ2n) is 7.96. The van der Waals surface area contributed by atoms with E-state index < -0.39 is 0 Å². The fourth-order valence-corrected chi connectivity index (χ4v) is 3.95. The van der Waals surface area contributed by atoms with Gasteiger partial charge in [0, 0.05) is 33.6 Å². The predicted molar refractivity (Wildman–Crippen MR) is 113 cm³/mol. The molecule has 0 amide bonds. The third-order valence-corrected chi connectivity index (χ3v) is 6.11. The van der Waals surface area contributed by atoms with Gasteiger partial charge in [0.15, 0.2) is 0 Å². The van der Waals surface area contributed by atoms with Gasteiger partial charge in [0.25, 0.3) is 17.5 Å². The van der Waals surface area contributed by atoms with Crippen molar-refractivity contribution in [3.05, 3.63) is 54.7 Å². The van der Waals surface area contributed by atoms with Gasteiger partial charge in [-0.2, -0.15) is 0 Å². The second-order valence-corrected chi connectivity index (χ2v) is 7.96. The van der Waals surface area contributed by atoms with Gasteiger partial charge in [-0.15, -0.1) is 0 Å². The Bertz CT molecular complexity index is 920. The molecule has 0 aliphatic carbocycles. The van der Waals surface area contributed by atoms with Crippen LogP contribution in [0.3, 0.4) is 0 Å². The molecule has 0 aliphatic heterocycles. The Balaban J connectivity index is 1.47. The lowest BCUT2D eigenvalue weighted by Gasteiger charge is -2.03. The van der Waals surface area contributed by atoms with Crippen molar-refractivity contribution in [3.63, 3.8) is 0 Å². The van der Waals surface area contributed by atoms with Gasteiger partial charge in [-0.1, -0.05) is 6.32 Å². The largest absolute Gasteiger partial charge is 0.253 e. The summed E-state index contributed by atoms with van der Waals surface area (Å²) in [5.74, 6) is 3.95. The Morgan fingerprint density at radius 3 is 1.59 bits per heavy atom. The summed E-state index contributed by atoms with van der Waals surface area (Å²) in [5, 5.41) is 0. The van der Waals surface area contributed by atoms with Crippen molar-refractivity contribution in [2.24, 2.45) is 7.05 Å². The molecule has 0 unspecified atom stereocenters. The lowest BCUT2D eigenvalue weighted by molar-refractivity contribution is -0.704. The molecule has 0 spiro atoms. The molecular formula is C22H36BN6+3. The molecule has 7 heteroatoms. The standard InChI is InChI=1S/C22H36BN6/c1-20-24(4)14-15-25(20)10-6-11-28-18-19-29(22(28)3)13-7-12-27-17-16-26(21(27)2)9-5-8-23/h14-19H,5-13H2,1-4H3/q+3. The van der Waals surface area contributed by atoms with E-state index in [4.69, 9.17) is 7.85 Å². The summed E-state index contributed by atoms with van der Waals surface area (Å²) in [5.41, 5.74) is 0. The van der Waals surface area contributed by atoms with Crippen molar-refractivity contribution >= 4 is 7.85 Å². The van der Waals surface area contributed by atoms with Crippen LogP contribution in [0.2, 0.25) is 6.32 Å². The summed E-state index contributed by atoms with van der Waals surface area (Å²) in [6.45, 7) is 11.8. The summed E-state index contributed by atoms with van der Waals surface area (Å²) >= 11 is 0. The summed E-state index contributed by atoms with van der Waals surface area (Å²) in [6, 6.07) is 0. The van der Waals surface area contributed by atoms with E-state index in [0.717, 1.165) is 58.3 Å². The fraction of sp³-hybridized carbons (Fsp3) is 0.591. The van der Waals surface area contributed by atoms with E-state index in [1.54, 1.807) is 0 Å². The molecule has 3 rings (SSSR count). The van der Waals surface area contributed by atoms with E-state index in [9.17, 15) is 0 Å². The van der Waals surface area contributed by atoms with Gasteiger partial charge in [-0.25, -0.2) is 27.4 Å². The zero-order valence-electron chi connectivity index (χ0n) is 18.6. The van der Waals surface area contributed by atoms with E-state index in [0.29, 0.717) is 0 Å². The highest BCUT2D eigenvalue weighted by Crippen LogP contribution is 2.02. The molecule has 0 saturated carbocycles. The molecule has 6 nitrogen and oxygen atoms in total. The van der Waals surface area contributed by atoms with Crippen molar-refractivity contribution in [1.29, 1.82) is 0 Å². The molecular weight excluding hydrogens is 359 g/mol. The third kappa shape index (κ3) is 5.20. The quantitative estimate of drug-likeness (QED) is 0.348. The van der Waals surface area contributed by atoms with Crippen molar-refractivity contribution in [2.45, 2.75) is 79.1 Å². The molecule has 0 aromatic carbocycles. The minimum absolute atomic E-state index is 0.744. The van der Waals surface area contributed by atoms with Gasteiger partial charge < -0.3 is 0 Å². The maximum atomic E-state index is 5.63. The Morgan fingerprint density at radius 1 is 0.690 bits per heavy atom. The van der Waals surface area contributed by atoms with Crippen LogP contribution in [0.15, 0.2) is 37.2 Å². The monoisotopic (exact) mass is 395 g/mol. The van der Waals surface area contributed by atoms with E-state index in [1.165, 1.54) is 17.5 Å². The van der Waals surface area contributed by atoms with Crippen LogP contribution in [-0.4, -0.2) is 21.5 Å². The maximum absolute atomic E-state index is 5.63. The molecule has 3 heterocycles. The predicted octanol–water partition coefficient (Wildman–Crippen LogP) is 1.57. The number of hydrogen-bond acceptors (Lipinski definition) is 0. The molecule has 0 fully saturated rings. The zero-order chi connectivity index (χ0) is 20.8. The van der Waals surface area contributed by atoms with E-state index >= 15 is 0 Å². The lowest BCUT2D eigenvalue weighted by Crippen LogP contribution is -2.37. The van der Waals surface area contributed by atoms with Crippen LogP contribution in [0, 0.1) is 20.8 Å². The molecule has 0 saturated heterocycles. The first-order valence-corrected chi connectivity index (χ1v) is 10.8. The van der Waals surface area contributed by atoms with Gasteiger partial charge in [0.05, 0.1) is 47.6 Å². The van der Waals surface area contributed by atoms with Crippen LogP contribution in [0.1, 0.15) is 36.7 Å². The average molecular weight is 395 g/mol. The lowest BCUT2D eigenvalue weighted by atomic mass is 10.0. The molecule has 3 aromatic heterocycles. The Kier molecular flexibility index (Phi) is 7.34. The van der Waals surface area contributed by atoms with Gasteiger partial charge >= 0.3 is 0 Å². The molecule has 0 bridgehead atoms. The van der Waals surface area contributed by atoms with E-state index in [1.807, 2.05) is 0 Å². The van der Waals surface area contributed by atoms with Gasteiger partial charge in [-0.3, -0.25) is 0 Å². The van der Waals surface area contributed by atoms with Crippen molar-refractivity contribution in [3.8, 4) is 0 Å². The number of nitrogens with zero attached hydrogens (tertiary/aromatic N) is 6. The number of aryl methyl sites for hydroxylation is 6. The van der Waals surface area contributed by atoms with Crippen LogP contribution in [-0.2, 0) is 39.8 Å². The van der Waals surface area contributed by atoms with Crippen LogP contribution < -0.4 is 13.7 Å². The Labute approximate surface area is 176 Å². The molecule has 2 radical (unpaired) electrons. The Morgan fingerprint density at radius 2 is 1.14 bits per heavy atom. The zero-order valence-corrected chi connectivity index (χ0v) is 18.6. The fourth-order valence-electron chi connectivity index (χ4n) is 3.95. The summed E-state index contributed by atoms with van der Waals surface area (Å²) in [4.78, 5) is 0. The van der Waals surface area contributed by atoms with Crippen LogP contribution in [0.25, 0.3) is 0 Å². The molecule has 154 valence electrons. The molecule has 0 N–H and O–H groups in total. The number of aromatic nitrogens is 6. The number of rotatable bonds is 11. The average Bonchev–Trinajstić information content (AvgIpc) is 3.35. The highest BCUT2D eigenvalue weighted by atomic mass is 15.2. The highest BCUT2D eigenvalue weighted by molar-refractivity contribution is 6.08. The van der Waals surface area contributed by atoms with Gasteiger partial charge in [0.2, 0.25) is 0 Å². The first-order valence-electron chi connectivity index (χ1n) is 10.8. The van der Waals surface area contributed by atoms with Crippen LogP contribution >= 0.6 is 0 Å². The first kappa shape index (κ1) is 21.4. The second kappa shape index (κ2) is 9.94. The van der Waals surface area contributed by atoms with E-state index in [2.05, 4.69) is 92.4 Å². The molecule has 29 heavy (non-hydrogen) atoms. The first-order chi connectivity index (χ1) is 14.0. The minimum Gasteiger partial charge on any atom is -0.237 e. The number of imidazole rings is 3. The summed E-state index contributed by atoms with van der Waals surface area (Å²) in [6.07, 6.45) is 17.1. The topological polar surface area (TPSA) is 26.4 Å². The van der Waals surface area contributed by atoms with Crippen molar-refractivity contribution in [2.75, 3.05) is 0 Å². The Hall–Kier alpha value is -2.31. The van der Waals surface area contributed by atoms with Crippen LogP contribution in [0.5, 0.6) is 0 Å². The van der Waals surface area contributed by atoms with Gasteiger partial charge in [0.1, 0.15) is 37.2 Å². The smallest absolute Gasteiger partial charge is 0.237 e. The van der Waals surface area contributed by atoms with Crippen LogP contribution in [0.4, 0.5) is 0 Å². The SMILES string of the molecule is [B]CCCn1cc[n+](CCCn2cc[n+](CCCn3cc[n+](C)c3C)c2C)c1C. The number of hydrogen-bond donors (Lipinski definition) is 0. The third-order valence-electron chi connectivity index (χ3n) is 6.11. The van der Waals surface area contributed by atoms with E-state index in [-0.39, 0.29) is 0 Å². The summed E-state index contributed by atoms with van der Waals surface area (Å²) in [7, 11) is 7.73. The normalized spacial score (nSPS) is 11.4. The van der Waals surface area contributed by atoms with Gasteiger partial charge in [-0.05, 0) is 6.42 Å². The summed E-state index contributed by atoms with van der Waals surface area (Å²) < 4.78 is 13.9. The molecule has 3 aromatic rings. The highest BCUT2D eigenvalue weighted by Gasteiger charge is 2.15. The maximum Gasteiger partial charge on any atom is 0.253 e. The van der Waals surface area contributed by atoms with Crippen molar-refractivity contribution < 1.29 is 13.7 Å².